The molecule has 0 N–H and O–H groups in total. The van der Waals surface area contributed by atoms with Crippen LogP contribution < -0.4 is 4.74 Å². The maximum absolute atomic E-state index is 11.6. The number of rotatable bonds is 5. The number of hydrogen-bond donors (Lipinski definition) is 0. The van der Waals surface area contributed by atoms with Crippen LogP contribution in [0.2, 0.25) is 0 Å². The number of fused-ring (bicyclic) bond motifs is 1. The lowest BCUT2D eigenvalue weighted by molar-refractivity contribution is 0.101. The summed E-state index contributed by atoms with van der Waals surface area (Å²) in [4.78, 5) is 16.1. The lowest BCUT2D eigenvalue weighted by Crippen LogP contribution is -2.09. The number of imidazole rings is 1. The number of ketones is 1. The van der Waals surface area contributed by atoms with Gasteiger partial charge in [-0.3, -0.25) is 4.79 Å². The molecule has 0 aliphatic carbocycles. The third-order valence-electron chi connectivity index (χ3n) is 4.09. The summed E-state index contributed by atoms with van der Waals surface area (Å²) in [5.74, 6) is 0.649. The number of nitrogens with zero attached hydrogens (tertiary/aromatic N) is 2. The number of carbonyl (C=O) groups is 1. The van der Waals surface area contributed by atoms with Crippen LogP contribution in [0.5, 0.6) is 5.75 Å². The zero-order chi connectivity index (χ0) is 16.4. The Morgan fingerprint density at radius 1 is 1.17 bits per heavy atom. The highest BCUT2D eigenvalue weighted by molar-refractivity contribution is 5.96. The summed E-state index contributed by atoms with van der Waals surface area (Å²) in [6.45, 7) is 6.92. The summed E-state index contributed by atoms with van der Waals surface area (Å²) in [7, 11) is 0. The first kappa shape index (κ1) is 15.3. The molecule has 118 valence electrons. The Labute approximate surface area is 135 Å². The van der Waals surface area contributed by atoms with Crippen LogP contribution in [0.1, 0.15) is 28.4 Å². The van der Waals surface area contributed by atoms with Crippen LogP contribution in [0.4, 0.5) is 0 Å². The Hall–Kier alpha value is -2.62. The third-order valence-corrected chi connectivity index (χ3v) is 4.09. The van der Waals surface area contributed by atoms with Crippen LogP contribution in [-0.2, 0) is 6.54 Å². The molecule has 3 rings (SSSR count). The van der Waals surface area contributed by atoms with Crippen LogP contribution in [0.15, 0.2) is 42.7 Å². The molecule has 0 atom stereocenters. The summed E-state index contributed by atoms with van der Waals surface area (Å²) in [6.07, 6.45) is 1.84. The molecule has 4 heteroatoms. The van der Waals surface area contributed by atoms with E-state index in [2.05, 4.69) is 35.5 Å². The zero-order valence-electron chi connectivity index (χ0n) is 13.7. The van der Waals surface area contributed by atoms with Crippen LogP contribution in [0.3, 0.4) is 0 Å². The molecule has 0 amide bonds. The minimum absolute atomic E-state index is 0.0137. The Kier molecular flexibility index (Phi) is 4.15. The molecule has 0 fully saturated rings. The normalized spacial score (nSPS) is 10.9. The van der Waals surface area contributed by atoms with Gasteiger partial charge in [0.1, 0.15) is 12.4 Å². The third kappa shape index (κ3) is 3.11. The molecule has 3 aromatic rings. The minimum atomic E-state index is 0.0137. The van der Waals surface area contributed by atoms with E-state index in [-0.39, 0.29) is 5.78 Å². The van der Waals surface area contributed by atoms with Crippen molar-refractivity contribution in [1.82, 2.24) is 9.55 Å². The highest BCUT2D eigenvalue weighted by Crippen LogP contribution is 2.20. The van der Waals surface area contributed by atoms with Crippen molar-refractivity contribution >= 4 is 16.8 Å². The summed E-state index contributed by atoms with van der Waals surface area (Å²) in [6, 6.07) is 11.6. The van der Waals surface area contributed by atoms with Crippen molar-refractivity contribution in [3.05, 3.63) is 59.4 Å². The topological polar surface area (TPSA) is 44.1 Å². The molecule has 1 heterocycles. The van der Waals surface area contributed by atoms with E-state index in [0.29, 0.717) is 24.5 Å². The van der Waals surface area contributed by atoms with Crippen molar-refractivity contribution in [1.29, 1.82) is 0 Å². The maximum atomic E-state index is 11.6. The molecule has 1 aromatic heterocycles. The number of benzene rings is 2. The first-order chi connectivity index (χ1) is 11.1. The molecule has 0 saturated carbocycles. The standard InChI is InChI=1S/C19H20N2O2/c1-13-10-17-18(11-14(13)2)21(12-20-17)8-9-23-19-7-5-4-6-16(19)15(3)22/h4-7,10-12H,8-9H2,1-3H3. The van der Waals surface area contributed by atoms with Gasteiger partial charge in [0.05, 0.1) is 29.5 Å². The van der Waals surface area contributed by atoms with Gasteiger partial charge in [-0.15, -0.1) is 0 Å². The van der Waals surface area contributed by atoms with Gasteiger partial charge in [0.2, 0.25) is 0 Å². The van der Waals surface area contributed by atoms with Gasteiger partial charge in [-0.1, -0.05) is 12.1 Å². The molecule has 0 bridgehead atoms. The molecule has 23 heavy (non-hydrogen) atoms. The second kappa shape index (κ2) is 6.24. The number of para-hydroxylation sites is 1. The van der Waals surface area contributed by atoms with E-state index in [1.807, 2.05) is 24.5 Å². The fraction of sp³-hybridized carbons (Fsp3) is 0.263. The van der Waals surface area contributed by atoms with Crippen LogP contribution in [0, 0.1) is 13.8 Å². The Bertz CT molecular complexity index is 865. The molecular formula is C19H20N2O2. The van der Waals surface area contributed by atoms with E-state index in [9.17, 15) is 4.79 Å². The Morgan fingerprint density at radius 3 is 2.70 bits per heavy atom. The highest BCUT2D eigenvalue weighted by Gasteiger charge is 2.08. The lowest BCUT2D eigenvalue weighted by Gasteiger charge is -2.11. The van der Waals surface area contributed by atoms with Crippen molar-refractivity contribution in [3.63, 3.8) is 0 Å². The number of Topliss-reactive ketones (excluding diaryl/α,β-unsaturated/α-hetero) is 1. The average molecular weight is 308 g/mol. The van der Waals surface area contributed by atoms with Crippen molar-refractivity contribution < 1.29 is 9.53 Å². The number of aryl methyl sites for hydroxylation is 2. The molecular weight excluding hydrogens is 288 g/mol. The molecule has 0 spiro atoms. The molecule has 0 radical (unpaired) electrons. The van der Waals surface area contributed by atoms with Crippen molar-refractivity contribution in [2.45, 2.75) is 27.3 Å². The Morgan fingerprint density at radius 2 is 1.91 bits per heavy atom. The van der Waals surface area contributed by atoms with Crippen molar-refractivity contribution in [2.75, 3.05) is 6.61 Å². The second-order valence-corrected chi connectivity index (χ2v) is 5.76. The molecule has 0 saturated heterocycles. The molecule has 0 aliphatic heterocycles. The fourth-order valence-electron chi connectivity index (χ4n) is 2.63. The van der Waals surface area contributed by atoms with E-state index in [1.54, 1.807) is 13.0 Å². The molecule has 4 nitrogen and oxygen atoms in total. The monoisotopic (exact) mass is 308 g/mol. The number of hydrogen-bond acceptors (Lipinski definition) is 3. The van der Waals surface area contributed by atoms with Gasteiger partial charge in [-0.05, 0) is 56.2 Å². The fourth-order valence-corrected chi connectivity index (χ4v) is 2.63. The van der Waals surface area contributed by atoms with Gasteiger partial charge in [-0.2, -0.15) is 0 Å². The van der Waals surface area contributed by atoms with E-state index < -0.39 is 0 Å². The predicted molar refractivity (Wildman–Crippen MR) is 91.1 cm³/mol. The van der Waals surface area contributed by atoms with Gasteiger partial charge in [0, 0.05) is 0 Å². The average Bonchev–Trinajstić information content (AvgIpc) is 2.90. The predicted octanol–water partition coefficient (Wildman–Crippen LogP) is 3.93. The van der Waals surface area contributed by atoms with Crippen LogP contribution in [0.25, 0.3) is 11.0 Å². The number of ether oxygens (including phenoxy) is 1. The van der Waals surface area contributed by atoms with Crippen molar-refractivity contribution in [2.24, 2.45) is 0 Å². The zero-order valence-corrected chi connectivity index (χ0v) is 13.7. The largest absolute Gasteiger partial charge is 0.491 e. The SMILES string of the molecule is CC(=O)c1ccccc1OCCn1cnc2cc(C)c(C)cc21. The van der Waals surface area contributed by atoms with E-state index >= 15 is 0 Å². The van der Waals surface area contributed by atoms with E-state index in [1.165, 1.54) is 11.1 Å². The van der Waals surface area contributed by atoms with Gasteiger partial charge in [0.15, 0.2) is 5.78 Å². The van der Waals surface area contributed by atoms with E-state index in [0.717, 1.165) is 11.0 Å². The van der Waals surface area contributed by atoms with Crippen molar-refractivity contribution in [3.8, 4) is 5.75 Å². The summed E-state index contributed by atoms with van der Waals surface area (Å²) < 4.78 is 7.89. The quantitative estimate of drug-likeness (QED) is 0.671. The van der Waals surface area contributed by atoms with E-state index in [4.69, 9.17) is 4.74 Å². The van der Waals surface area contributed by atoms with Gasteiger partial charge >= 0.3 is 0 Å². The van der Waals surface area contributed by atoms with Crippen LogP contribution >= 0.6 is 0 Å². The Balaban J connectivity index is 1.75. The second-order valence-electron chi connectivity index (χ2n) is 5.76. The number of carbonyl (C=O) groups excluding carboxylic acids is 1. The highest BCUT2D eigenvalue weighted by atomic mass is 16.5. The minimum Gasteiger partial charge on any atom is -0.491 e. The van der Waals surface area contributed by atoms with Gasteiger partial charge < -0.3 is 9.30 Å². The number of aromatic nitrogens is 2. The summed E-state index contributed by atoms with van der Waals surface area (Å²) in [5, 5.41) is 0. The summed E-state index contributed by atoms with van der Waals surface area (Å²) >= 11 is 0. The molecule has 2 aromatic carbocycles. The smallest absolute Gasteiger partial charge is 0.163 e. The molecule has 0 aliphatic rings. The van der Waals surface area contributed by atoms with Gasteiger partial charge in [-0.25, -0.2) is 4.98 Å². The first-order valence-electron chi connectivity index (χ1n) is 7.71. The molecule has 0 unspecified atom stereocenters. The van der Waals surface area contributed by atoms with Crippen LogP contribution in [-0.4, -0.2) is 21.9 Å². The lowest BCUT2D eigenvalue weighted by atomic mass is 10.1. The van der Waals surface area contributed by atoms with Gasteiger partial charge in [0.25, 0.3) is 0 Å². The summed E-state index contributed by atoms with van der Waals surface area (Å²) in [5.41, 5.74) is 5.22. The first-order valence-corrected chi connectivity index (χ1v) is 7.71. The maximum Gasteiger partial charge on any atom is 0.163 e.